The van der Waals surface area contributed by atoms with Gasteiger partial charge in [0.2, 0.25) is 0 Å². The number of hydrogen-bond donors (Lipinski definition) is 1. The van der Waals surface area contributed by atoms with Crippen LogP contribution in [-0.2, 0) is 24.9 Å². The Morgan fingerprint density at radius 1 is 1.10 bits per heavy atom. The zero-order chi connectivity index (χ0) is 21.8. The molecule has 0 unspecified atom stereocenters. The van der Waals surface area contributed by atoms with Crippen LogP contribution in [0.4, 0.5) is 0 Å². The molecule has 0 saturated heterocycles. The van der Waals surface area contributed by atoms with E-state index in [1.165, 1.54) is 27.7 Å². The molecule has 0 amide bonds. The number of H-pyrrole nitrogens is 1. The second kappa shape index (κ2) is 7.50. The van der Waals surface area contributed by atoms with Crippen molar-refractivity contribution in [2.45, 2.75) is 45.7 Å². The fourth-order valence-electron chi connectivity index (χ4n) is 5.14. The molecule has 0 bridgehead atoms. The van der Waals surface area contributed by atoms with Crippen molar-refractivity contribution >= 4 is 22.5 Å². The van der Waals surface area contributed by atoms with Crippen molar-refractivity contribution in [2.75, 3.05) is 13.6 Å². The van der Waals surface area contributed by atoms with Gasteiger partial charge in [0.1, 0.15) is 5.82 Å². The minimum atomic E-state index is 0.0884. The van der Waals surface area contributed by atoms with Gasteiger partial charge in [-0.2, -0.15) is 0 Å². The summed E-state index contributed by atoms with van der Waals surface area (Å²) in [5.74, 6) is 1.68. The van der Waals surface area contributed by atoms with Crippen molar-refractivity contribution in [2.24, 2.45) is 0 Å². The zero-order valence-corrected chi connectivity index (χ0v) is 19.3. The summed E-state index contributed by atoms with van der Waals surface area (Å²) >= 11 is 6.01. The van der Waals surface area contributed by atoms with Crippen LogP contribution < -0.4 is 0 Å². The molecule has 1 N–H and O–H groups in total. The molecule has 1 aliphatic rings. The van der Waals surface area contributed by atoms with Crippen LogP contribution in [0.3, 0.4) is 0 Å². The lowest BCUT2D eigenvalue weighted by atomic mass is 9.82. The number of fused-ring (bicyclic) bond motifs is 3. The average Bonchev–Trinajstić information content (AvgIpc) is 3.29. The van der Waals surface area contributed by atoms with E-state index in [9.17, 15) is 0 Å². The summed E-state index contributed by atoms with van der Waals surface area (Å²) in [7, 11) is 2.22. The smallest absolute Gasteiger partial charge is 0.161 e. The summed E-state index contributed by atoms with van der Waals surface area (Å²) in [5, 5.41) is 10.9. The number of likely N-dealkylation sites (N-methyl/N-ethyl adjacent to an activating group) is 1. The molecule has 0 saturated carbocycles. The van der Waals surface area contributed by atoms with Crippen LogP contribution in [0.15, 0.2) is 42.5 Å². The predicted molar refractivity (Wildman–Crippen MR) is 127 cm³/mol. The Morgan fingerprint density at radius 3 is 2.65 bits per heavy atom. The predicted octanol–water partition coefficient (Wildman–Crippen LogP) is 5.35. The van der Waals surface area contributed by atoms with Crippen LogP contribution in [0.25, 0.3) is 22.3 Å². The monoisotopic (exact) mass is 433 g/mol. The van der Waals surface area contributed by atoms with Crippen LogP contribution in [0, 0.1) is 6.92 Å². The van der Waals surface area contributed by atoms with Crippen molar-refractivity contribution in [3.8, 4) is 11.4 Å². The fourth-order valence-corrected chi connectivity index (χ4v) is 5.27. The van der Waals surface area contributed by atoms with E-state index in [-0.39, 0.29) is 5.41 Å². The third-order valence-electron chi connectivity index (χ3n) is 6.28. The highest BCUT2D eigenvalue weighted by molar-refractivity contribution is 6.30. The van der Waals surface area contributed by atoms with Gasteiger partial charge < -0.3 is 14.5 Å². The standard InChI is InChI=1S/C25H28ClN5/c1-16-5-10-21-19(13-16)20-14-30(4)15-25(2,3)23(20)31(21)12-11-22-27-24(29-28-22)17-6-8-18(26)9-7-17/h5-10,13H,11-12,14-15H2,1-4H3,(H,27,28,29). The summed E-state index contributed by atoms with van der Waals surface area (Å²) in [4.78, 5) is 5.82. The largest absolute Gasteiger partial charge is 0.343 e. The second-order valence-corrected chi connectivity index (χ2v) is 9.87. The molecule has 0 fully saturated rings. The molecule has 3 heterocycles. The van der Waals surface area contributed by atoms with Gasteiger partial charge in [-0.1, -0.05) is 37.1 Å². The Bertz CT molecular complexity index is 1250. The number of nitrogens with zero attached hydrogens (tertiary/aromatic N) is 4. The van der Waals surface area contributed by atoms with Crippen molar-refractivity contribution in [1.82, 2.24) is 24.6 Å². The molecular weight excluding hydrogens is 406 g/mol. The number of nitrogens with one attached hydrogen (secondary N) is 1. The molecule has 6 heteroatoms. The molecule has 0 atom stereocenters. The van der Waals surface area contributed by atoms with Crippen molar-refractivity contribution in [1.29, 1.82) is 0 Å². The Labute approximate surface area is 188 Å². The normalized spacial score (nSPS) is 16.0. The zero-order valence-electron chi connectivity index (χ0n) is 18.5. The van der Waals surface area contributed by atoms with E-state index in [1.807, 2.05) is 24.3 Å². The minimum Gasteiger partial charge on any atom is -0.343 e. The number of aryl methyl sites for hydroxylation is 3. The van der Waals surface area contributed by atoms with Gasteiger partial charge in [-0.25, -0.2) is 0 Å². The van der Waals surface area contributed by atoms with Crippen LogP contribution in [-0.4, -0.2) is 38.2 Å². The summed E-state index contributed by atoms with van der Waals surface area (Å²) < 4.78 is 2.52. The Kier molecular flexibility index (Phi) is 4.91. The van der Waals surface area contributed by atoms with Gasteiger partial charge in [0.15, 0.2) is 5.82 Å². The number of aromatic amines is 1. The van der Waals surface area contributed by atoms with Gasteiger partial charge in [-0.05, 0) is 55.9 Å². The number of hydrogen-bond acceptors (Lipinski definition) is 3. The Morgan fingerprint density at radius 2 is 1.87 bits per heavy atom. The van der Waals surface area contributed by atoms with Crippen molar-refractivity contribution in [3.05, 3.63) is 70.1 Å². The van der Waals surface area contributed by atoms with Crippen LogP contribution >= 0.6 is 11.6 Å². The first-order valence-electron chi connectivity index (χ1n) is 10.8. The first-order chi connectivity index (χ1) is 14.8. The molecule has 4 aromatic rings. The summed E-state index contributed by atoms with van der Waals surface area (Å²) in [5.41, 5.74) is 6.63. The van der Waals surface area contributed by atoms with Gasteiger partial charge in [0, 0.05) is 58.7 Å². The lowest BCUT2D eigenvalue weighted by Crippen LogP contribution is -2.41. The van der Waals surface area contributed by atoms with E-state index >= 15 is 0 Å². The minimum absolute atomic E-state index is 0.0884. The molecule has 1 aliphatic heterocycles. The van der Waals surface area contributed by atoms with Crippen molar-refractivity contribution in [3.63, 3.8) is 0 Å². The first kappa shape index (κ1) is 20.3. The molecule has 31 heavy (non-hydrogen) atoms. The molecule has 0 spiro atoms. The molecule has 5 rings (SSSR count). The van der Waals surface area contributed by atoms with E-state index in [1.54, 1.807) is 0 Å². The van der Waals surface area contributed by atoms with Crippen molar-refractivity contribution < 1.29 is 0 Å². The molecule has 0 radical (unpaired) electrons. The first-order valence-corrected chi connectivity index (χ1v) is 11.2. The fraction of sp³-hybridized carbons (Fsp3) is 0.360. The second-order valence-electron chi connectivity index (χ2n) is 9.43. The van der Waals surface area contributed by atoms with E-state index in [2.05, 4.69) is 70.7 Å². The molecule has 5 nitrogen and oxygen atoms in total. The maximum absolute atomic E-state index is 6.01. The van der Waals surface area contributed by atoms with E-state index < -0.39 is 0 Å². The molecule has 0 aliphatic carbocycles. The quantitative estimate of drug-likeness (QED) is 0.471. The maximum atomic E-state index is 6.01. The molecule has 2 aromatic heterocycles. The van der Waals surface area contributed by atoms with Gasteiger partial charge in [-0.15, -0.1) is 10.2 Å². The number of halogens is 1. The highest BCUT2D eigenvalue weighted by atomic mass is 35.5. The summed E-state index contributed by atoms with van der Waals surface area (Å²) in [6.45, 7) is 9.81. The van der Waals surface area contributed by atoms with Gasteiger partial charge in [0.25, 0.3) is 0 Å². The Hall–Kier alpha value is -2.63. The maximum Gasteiger partial charge on any atom is 0.161 e. The topological polar surface area (TPSA) is 49.7 Å². The number of rotatable bonds is 4. The average molecular weight is 434 g/mol. The van der Waals surface area contributed by atoms with Gasteiger partial charge >= 0.3 is 0 Å². The van der Waals surface area contributed by atoms with Gasteiger partial charge in [-0.3, -0.25) is 0 Å². The lowest BCUT2D eigenvalue weighted by molar-refractivity contribution is 0.228. The summed E-state index contributed by atoms with van der Waals surface area (Å²) in [6, 6.07) is 14.5. The van der Waals surface area contributed by atoms with Crippen LogP contribution in [0.1, 0.15) is 36.5 Å². The SMILES string of the molecule is Cc1ccc2c(c1)c1c(n2CCc2nnc(-c3ccc(Cl)cc3)[nH]2)C(C)(C)CN(C)C1. The summed E-state index contributed by atoms with van der Waals surface area (Å²) in [6.07, 6.45) is 0.802. The highest BCUT2D eigenvalue weighted by Gasteiger charge is 2.35. The van der Waals surface area contributed by atoms with E-state index in [0.29, 0.717) is 0 Å². The van der Waals surface area contributed by atoms with Crippen LogP contribution in [0.5, 0.6) is 0 Å². The lowest BCUT2D eigenvalue weighted by Gasteiger charge is -2.37. The van der Waals surface area contributed by atoms with Crippen LogP contribution in [0.2, 0.25) is 5.02 Å². The van der Waals surface area contributed by atoms with E-state index in [0.717, 1.165) is 48.3 Å². The Balaban J connectivity index is 1.50. The third-order valence-corrected chi connectivity index (χ3v) is 6.53. The molecule has 2 aromatic carbocycles. The number of benzene rings is 2. The van der Waals surface area contributed by atoms with Gasteiger partial charge in [0.05, 0.1) is 0 Å². The third kappa shape index (κ3) is 3.66. The highest BCUT2D eigenvalue weighted by Crippen LogP contribution is 2.39. The molecule has 160 valence electrons. The molecular formula is C25H28ClN5. The van der Waals surface area contributed by atoms with E-state index in [4.69, 9.17) is 11.6 Å². The number of aromatic nitrogens is 4.